The van der Waals surface area contributed by atoms with E-state index in [1.165, 1.54) is 15.9 Å². The van der Waals surface area contributed by atoms with Gasteiger partial charge in [-0.15, -0.1) is 6.58 Å². The van der Waals surface area contributed by atoms with Crippen LogP contribution in [0.2, 0.25) is 0 Å². The number of ether oxygens (including phenoxy) is 2. The van der Waals surface area contributed by atoms with Gasteiger partial charge in [-0.25, -0.2) is 14.0 Å². The molecule has 3 heterocycles. The smallest absolute Gasteiger partial charge is 0.410 e. The van der Waals surface area contributed by atoms with Crippen molar-refractivity contribution in [3.8, 4) is 0 Å². The Morgan fingerprint density at radius 1 is 1.08 bits per heavy atom. The molecule has 0 bridgehead atoms. The molecular weight excluding hydrogens is 668 g/mol. The van der Waals surface area contributed by atoms with E-state index in [-0.39, 0.29) is 32.5 Å². The molecule has 1 saturated carbocycles. The number of rotatable bonds is 8. The lowest BCUT2D eigenvalue weighted by Crippen LogP contribution is -2.60. The maximum Gasteiger partial charge on any atom is 0.410 e. The number of carbonyl (C=O) groups is 5. The predicted octanol–water partition coefficient (Wildman–Crippen LogP) is 4.44. The highest BCUT2D eigenvalue weighted by Crippen LogP contribution is 2.52. The first-order valence-electron chi connectivity index (χ1n) is 17.1. The van der Waals surface area contributed by atoms with Crippen LogP contribution in [0.5, 0.6) is 0 Å². The van der Waals surface area contributed by atoms with E-state index in [1.54, 1.807) is 59.8 Å². The highest BCUT2D eigenvalue weighted by atomic mass is 31.2. The molecule has 274 valence electrons. The first-order valence-corrected chi connectivity index (χ1v) is 19.2. The van der Waals surface area contributed by atoms with Gasteiger partial charge in [0.15, 0.2) is 7.29 Å². The molecule has 0 aromatic heterocycles. The van der Waals surface area contributed by atoms with Gasteiger partial charge in [-0.05, 0) is 57.1 Å². The molecule has 13 nitrogen and oxygen atoms in total. The second-order valence-electron chi connectivity index (χ2n) is 15.9. The molecule has 3 N–H and O–H groups in total. The number of alkyl carbamates (subject to hydrolysis) is 1. The van der Waals surface area contributed by atoms with E-state index in [1.807, 2.05) is 0 Å². The number of carbonyl (C=O) groups excluding carboxylic acids is 5. The molecule has 1 aromatic rings. The molecule has 15 heteroatoms. The van der Waals surface area contributed by atoms with Gasteiger partial charge in [0.25, 0.3) is 5.91 Å². The fourth-order valence-electron chi connectivity index (χ4n) is 6.92. The van der Waals surface area contributed by atoms with E-state index in [9.17, 15) is 32.9 Å². The van der Waals surface area contributed by atoms with Crippen molar-refractivity contribution in [2.24, 2.45) is 11.3 Å². The number of likely N-dealkylation sites (tertiary alicyclic amines) is 1. The Morgan fingerprint density at radius 2 is 1.76 bits per heavy atom. The minimum Gasteiger partial charge on any atom is -0.444 e. The summed E-state index contributed by atoms with van der Waals surface area (Å²) in [5.41, 5.74) is -2.02. The van der Waals surface area contributed by atoms with Gasteiger partial charge in [-0.3, -0.25) is 19.3 Å². The monoisotopic (exact) mass is 717 g/mol. The van der Waals surface area contributed by atoms with Gasteiger partial charge in [0.2, 0.25) is 11.8 Å². The molecule has 2 unspecified atom stereocenters. The average Bonchev–Trinajstić information content (AvgIpc) is 3.35. The quantitative estimate of drug-likeness (QED) is 0.263. The second kappa shape index (κ2) is 13.7. The van der Waals surface area contributed by atoms with Crippen molar-refractivity contribution in [1.29, 1.82) is 0 Å². The van der Waals surface area contributed by atoms with Crippen LogP contribution in [-0.4, -0.2) is 87.9 Å². The van der Waals surface area contributed by atoms with Crippen molar-refractivity contribution in [2.75, 3.05) is 18.9 Å². The normalized spacial score (nSPS) is 26.0. The van der Waals surface area contributed by atoms with Crippen LogP contribution in [0.3, 0.4) is 0 Å². The summed E-state index contributed by atoms with van der Waals surface area (Å²) in [4.78, 5) is 70.9. The van der Waals surface area contributed by atoms with Gasteiger partial charge in [-0.2, -0.15) is 0 Å². The van der Waals surface area contributed by atoms with E-state index < -0.39 is 83.7 Å². The lowest BCUT2D eigenvalue weighted by molar-refractivity contribution is -0.143. The summed E-state index contributed by atoms with van der Waals surface area (Å²) in [6, 6.07) is 2.28. The molecule has 2 saturated heterocycles. The fourth-order valence-corrected chi connectivity index (χ4v) is 9.41. The minimum atomic E-state index is -2.93. The highest BCUT2D eigenvalue weighted by Gasteiger charge is 2.62. The van der Waals surface area contributed by atoms with E-state index in [2.05, 4.69) is 22.3 Å². The second-order valence-corrected chi connectivity index (χ2v) is 18.8. The van der Waals surface area contributed by atoms with Crippen molar-refractivity contribution >= 4 is 37.2 Å². The molecule has 4 aliphatic rings. The Balaban J connectivity index is 1.38. The van der Waals surface area contributed by atoms with Gasteiger partial charge in [0.1, 0.15) is 35.1 Å². The fraction of sp³-hybridized carbons (Fsp3) is 0.629. The molecule has 0 radical (unpaired) electrons. The van der Waals surface area contributed by atoms with Crippen molar-refractivity contribution in [3.63, 3.8) is 0 Å². The van der Waals surface area contributed by atoms with Crippen LogP contribution in [0, 0.1) is 17.2 Å². The first kappa shape index (κ1) is 37.3. The third kappa shape index (κ3) is 8.00. The van der Waals surface area contributed by atoms with Crippen LogP contribution in [0.4, 0.5) is 14.0 Å². The molecule has 1 aromatic carbocycles. The van der Waals surface area contributed by atoms with Gasteiger partial charge < -0.3 is 34.7 Å². The zero-order chi connectivity index (χ0) is 36.8. The topological polar surface area (TPSA) is 163 Å². The van der Waals surface area contributed by atoms with Crippen molar-refractivity contribution in [3.05, 3.63) is 47.8 Å². The van der Waals surface area contributed by atoms with Crippen LogP contribution < -0.4 is 15.7 Å². The summed E-state index contributed by atoms with van der Waals surface area (Å²) >= 11 is 0. The molecule has 50 heavy (non-hydrogen) atoms. The van der Waals surface area contributed by atoms with Crippen LogP contribution in [0.25, 0.3) is 0 Å². The number of fused-ring (bicyclic) bond motifs is 1. The Bertz CT molecular complexity index is 1610. The van der Waals surface area contributed by atoms with Crippen molar-refractivity contribution in [1.82, 2.24) is 25.5 Å². The SMILES string of the molecule is C=CC1C[C@]1(NC(=O)[C@@H]1CC(OC(=O)N2Cc3cccc(F)c3C2)CN1C(=O)[C@@H](NC(=O)OC(C)(C)C)C(C)(C)C)C(=O)NP1(=O)CCCC1. The minimum absolute atomic E-state index is 0.0104. The number of hydrogen-bond acceptors (Lipinski definition) is 8. The predicted molar refractivity (Wildman–Crippen MR) is 183 cm³/mol. The number of nitrogens with one attached hydrogen (secondary N) is 3. The maximum absolute atomic E-state index is 14.4. The van der Waals surface area contributed by atoms with E-state index in [4.69, 9.17) is 9.47 Å². The number of halogens is 1. The lowest BCUT2D eigenvalue weighted by Gasteiger charge is -2.36. The summed E-state index contributed by atoms with van der Waals surface area (Å²) in [6.07, 6.45) is 1.48. The van der Waals surface area contributed by atoms with E-state index in [0.717, 1.165) is 12.8 Å². The van der Waals surface area contributed by atoms with Crippen LogP contribution in [0.1, 0.15) is 78.4 Å². The Morgan fingerprint density at radius 3 is 2.34 bits per heavy atom. The summed E-state index contributed by atoms with van der Waals surface area (Å²) in [5, 5.41) is 8.22. The maximum atomic E-state index is 14.4. The van der Waals surface area contributed by atoms with Gasteiger partial charge >= 0.3 is 12.2 Å². The third-order valence-electron chi connectivity index (χ3n) is 9.72. The summed E-state index contributed by atoms with van der Waals surface area (Å²) in [6.45, 7) is 14.1. The molecule has 5 amide bonds. The molecule has 5 atom stereocenters. The summed E-state index contributed by atoms with van der Waals surface area (Å²) in [7, 11) is -2.93. The standard InChI is InChI=1S/C35H49FN5O8P/c1-8-22-17-35(22,30(44)39-50(47)14-9-10-15-50)38-28(42)26-16-23(48-32(46)40-18-21-12-11-13-25(36)24(21)20-40)19-41(26)29(43)27(33(2,3)4)37-31(45)49-34(5,6)7/h8,11-13,22-23,26-27H,1,9-10,14-20H2,2-7H3,(H,37,45)(H,38,42)(H,39,44,47)/t22?,23?,26-,27+,35+/m0/s1. The van der Waals surface area contributed by atoms with Gasteiger partial charge in [-0.1, -0.05) is 39.0 Å². The molecule has 3 aliphatic heterocycles. The number of benzene rings is 1. The van der Waals surface area contributed by atoms with Gasteiger partial charge in [0.05, 0.1) is 13.1 Å². The summed E-state index contributed by atoms with van der Waals surface area (Å²) in [5.74, 6) is -2.68. The Hall–Kier alpha value is -3.93. The van der Waals surface area contributed by atoms with Crippen LogP contribution in [-0.2, 0) is 41.5 Å². The number of hydrogen-bond donors (Lipinski definition) is 3. The third-order valence-corrected chi connectivity index (χ3v) is 12.4. The molecular formula is C35H49FN5O8P. The number of nitrogens with zero attached hydrogens (tertiary/aromatic N) is 2. The van der Waals surface area contributed by atoms with Gasteiger partial charge in [0, 0.05) is 36.8 Å². The van der Waals surface area contributed by atoms with Crippen molar-refractivity contribution < 1.29 is 42.4 Å². The molecule has 1 aliphatic carbocycles. The van der Waals surface area contributed by atoms with Crippen molar-refractivity contribution in [2.45, 2.75) is 110 Å². The zero-order valence-electron chi connectivity index (χ0n) is 29.7. The lowest BCUT2D eigenvalue weighted by atomic mass is 9.85. The Labute approximate surface area is 292 Å². The van der Waals surface area contributed by atoms with Crippen LogP contribution >= 0.6 is 7.29 Å². The average molecular weight is 718 g/mol. The molecule has 3 fully saturated rings. The van der Waals surface area contributed by atoms with E-state index in [0.29, 0.717) is 23.5 Å². The largest absolute Gasteiger partial charge is 0.444 e. The molecule has 5 rings (SSSR count). The first-order chi connectivity index (χ1) is 23.2. The van der Waals surface area contributed by atoms with E-state index >= 15 is 0 Å². The summed E-state index contributed by atoms with van der Waals surface area (Å²) < 4.78 is 38.9. The number of amides is 5. The molecule has 0 spiro atoms. The highest BCUT2D eigenvalue weighted by molar-refractivity contribution is 7.62. The Kier molecular flexibility index (Phi) is 10.2. The van der Waals surface area contributed by atoms with Crippen LogP contribution in [0.15, 0.2) is 30.9 Å². The zero-order valence-corrected chi connectivity index (χ0v) is 30.6.